The summed E-state index contributed by atoms with van der Waals surface area (Å²) in [5.74, 6) is 2.48. The van der Waals surface area contributed by atoms with E-state index in [0.29, 0.717) is 18.7 Å². The Kier molecular flexibility index (Phi) is 5.48. The van der Waals surface area contributed by atoms with E-state index < -0.39 is 0 Å². The molecule has 0 amide bonds. The minimum absolute atomic E-state index is 0.220. The number of carbonyl (C=O) groups excluding carboxylic acids is 1. The van der Waals surface area contributed by atoms with Gasteiger partial charge >= 0.3 is 0 Å². The third-order valence-corrected chi connectivity index (χ3v) is 4.60. The normalized spacial score (nSPS) is 10.9. The predicted molar refractivity (Wildman–Crippen MR) is 93.9 cm³/mol. The SMILES string of the molecule is CC(=O)CCCSc1nnc(-c2ccco2)n1Cc1ccccc1. The largest absolute Gasteiger partial charge is 0.461 e. The molecule has 3 aromatic rings. The molecule has 0 fully saturated rings. The molecule has 0 saturated heterocycles. The monoisotopic (exact) mass is 341 g/mol. The van der Waals surface area contributed by atoms with Gasteiger partial charge in [-0.1, -0.05) is 42.1 Å². The lowest BCUT2D eigenvalue weighted by Gasteiger charge is -2.09. The van der Waals surface area contributed by atoms with Gasteiger partial charge in [0.25, 0.3) is 0 Å². The molecule has 0 N–H and O–H groups in total. The molecule has 0 aliphatic heterocycles. The number of aromatic nitrogens is 3. The molecule has 0 aliphatic rings. The number of hydrogen-bond donors (Lipinski definition) is 0. The molecule has 24 heavy (non-hydrogen) atoms. The van der Waals surface area contributed by atoms with Gasteiger partial charge in [-0.25, -0.2) is 0 Å². The Morgan fingerprint density at radius 1 is 1.17 bits per heavy atom. The molecule has 6 heteroatoms. The van der Waals surface area contributed by atoms with Crippen LogP contribution in [0.1, 0.15) is 25.3 Å². The van der Waals surface area contributed by atoms with Gasteiger partial charge in [-0.15, -0.1) is 10.2 Å². The summed E-state index contributed by atoms with van der Waals surface area (Å²) in [6, 6.07) is 13.9. The summed E-state index contributed by atoms with van der Waals surface area (Å²) in [4.78, 5) is 11.1. The van der Waals surface area contributed by atoms with E-state index in [4.69, 9.17) is 4.42 Å². The number of Topliss-reactive ketones (excluding diaryl/α,β-unsaturated/α-hetero) is 1. The quantitative estimate of drug-likeness (QED) is 0.457. The van der Waals surface area contributed by atoms with Crippen LogP contribution in [0.2, 0.25) is 0 Å². The average molecular weight is 341 g/mol. The van der Waals surface area contributed by atoms with Crippen molar-refractivity contribution in [2.45, 2.75) is 31.5 Å². The van der Waals surface area contributed by atoms with Crippen molar-refractivity contribution in [2.24, 2.45) is 0 Å². The molecule has 0 spiro atoms. The van der Waals surface area contributed by atoms with E-state index in [9.17, 15) is 4.79 Å². The fourth-order valence-electron chi connectivity index (χ4n) is 2.38. The molecule has 124 valence electrons. The van der Waals surface area contributed by atoms with Crippen molar-refractivity contribution in [1.29, 1.82) is 0 Å². The molecule has 0 unspecified atom stereocenters. The number of benzene rings is 1. The highest BCUT2D eigenvalue weighted by Crippen LogP contribution is 2.26. The van der Waals surface area contributed by atoms with Gasteiger partial charge in [0, 0.05) is 12.2 Å². The number of thioether (sulfide) groups is 1. The first-order chi connectivity index (χ1) is 11.7. The third-order valence-electron chi connectivity index (χ3n) is 3.55. The molecule has 0 radical (unpaired) electrons. The summed E-state index contributed by atoms with van der Waals surface area (Å²) in [6.45, 7) is 2.30. The van der Waals surface area contributed by atoms with E-state index in [1.807, 2.05) is 30.3 Å². The van der Waals surface area contributed by atoms with Crippen LogP contribution < -0.4 is 0 Å². The second kappa shape index (κ2) is 7.97. The summed E-state index contributed by atoms with van der Waals surface area (Å²) in [7, 11) is 0. The van der Waals surface area contributed by atoms with Gasteiger partial charge in [-0.05, 0) is 31.0 Å². The Hall–Kier alpha value is -2.34. The van der Waals surface area contributed by atoms with Crippen LogP contribution in [0, 0.1) is 0 Å². The summed E-state index contributed by atoms with van der Waals surface area (Å²) in [6.07, 6.45) is 3.08. The van der Waals surface area contributed by atoms with Crippen molar-refractivity contribution in [3.05, 3.63) is 54.3 Å². The Labute approximate surface area is 145 Å². The van der Waals surface area contributed by atoms with Crippen molar-refractivity contribution in [2.75, 3.05) is 5.75 Å². The average Bonchev–Trinajstić information content (AvgIpc) is 3.22. The lowest BCUT2D eigenvalue weighted by Crippen LogP contribution is -2.04. The molecular formula is C18H19N3O2S. The summed E-state index contributed by atoms with van der Waals surface area (Å²) >= 11 is 1.62. The van der Waals surface area contributed by atoms with Crippen molar-refractivity contribution >= 4 is 17.5 Å². The zero-order valence-corrected chi connectivity index (χ0v) is 14.3. The van der Waals surface area contributed by atoms with Gasteiger partial charge in [0.15, 0.2) is 10.9 Å². The first-order valence-electron chi connectivity index (χ1n) is 7.87. The highest BCUT2D eigenvalue weighted by atomic mass is 32.2. The first-order valence-corrected chi connectivity index (χ1v) is 8.86. The summed E-state index contributed by atoms with van der Waals surface area (Å²) in [5, 5.41) is 9.46. The zero-order chi connectivity index (χ0) is 16.8. The second-order valence-electron chi connectivity index (χ2n) is 5.51. The minimum Gasteiger partial charge on any atom is -0.461 e. The Morgan fingerprint density at radius 2 is 2.00 bits per heavy atom. The molecule has 0 saturated carbocycles. The Balaban J connectivity index is 1.81. The smallest absolute Gasteiger partial charge is 0.200 e. The van der Waals surface area contributed by atoms with Gasteiger partial charge in [-0.3, -0.25) is 4.57 Å². The number of furan rings is 1. The maximum Gasteiger partial charge on any atom is 0.200 e. The number of hydrogen-bond acceptors (Lipinski definition) is 5. The fraction of sp³-hybridized carbons (Fsp3) is 0.278. The van der Waals surface area contributed by atoms with Gasteiger partial charge < -0.3 is 9.21 Å². The molecule has 2 heterocycles. The van der Waals surface area contributed by atoms with Crippen LogP contribution in [0.3, 0.4) is 0 Å². The topological polar surface area (TPSA) is 60.9 Å². The van der Waals surface area contributed by atoms with Crippen molar-refractivity contribution in [1.82, 2.24) is 14.8 Å². The van der Waals surface area contributed by atoms with Crippen LogP contribution in [-0.4, -0.2) is 26.3 Å². The van der Waals surface area contributed by atoms with Crippen LogP contribution in [0.5, 0.6) is 0 Å². The zero-order valence-electron chi connectivity index (χ0n) is 13.5. The summed E-state index contributed by atoms with van der Waals surface area (Å²) in [5.41, 5.74) is 1.18. The third kappa shape index (κ3) is 4.14. The molecular weight excluding hydrogens is 322 g/mol. The lowest BCUT2D eigenvalue weighted by molar-refractivity contribution is -0.117. The number of rotatable bonds is 8. The molecule has 1 aromatic carbocycles. The predicted octanol–water partition coefficient (Wildman–Crippen LogP) is 4.05. The Bertz CT molecular complexity index is 782. The van der Waals surface area contributed by atoms with Crippen LogP contribution in [0.15, 0.2) is 58.3 Å². The molecule has 0 atom stereocenters. The van der Waals surface area contributed by atoms with Gasteiger partial charge in [0.2, 0.25) is 5.82 Å². The van der Waals surface area contributed by atoms with Crippen molar-refractivity contribution in [3.8, 4) is 11.6 Å². The highest BCUT2D eigenvalue weighted by Gasteiger charge is 2.16. The lowest BCUT2D eigenvalue weighted by atomic mass is 10.2. The van der Waals surface area contributed by atoms with Crippen LogP contribution in [0.25, 0.3) is 11.6 Å². The number of ketones is 1. The first kappa shape index (κ1) is 16.5. The fourth-order valence-corrected chi connectivity index (χ4v) is 3.25. The minimum atomic E-state index is 0.220. The van der Waals surface area contributed by atoms with E-state index in [-0.39, 0.29) is 5.78 Å². The molecule has 5 nitrogen and oxygen atoms in total. The van der Waals surface area contributed by atoms with Gasteiger partial charge in [0.05, 0.1) is 12.8 Å². The van der Waals surface area contributed by atoms with Gasteiger partial charge in [-0.2, -0.15) is 0 Å². The second-order valence-corrected chi connectivity index (χ2v) is 6.57. The van der Waals surface area contributed by atoms with E-state index >= 15 is 0 Å². The molecule has 0 aliphatic carbocycles. The summed E-state index contributed by atoms with van der Waals surface area (Å²) < 4.78 is 7.55. The maximum absolute atomic E-state index is 11.1. The highest BCUT2D eigenvalue weighted by molar-refractivity contribution is 7.99. The number of carbonyl (C=O) groups is 1. The van der Waals surface area contributed by atoms with E-state index in [2.05, 4.69) is 26.9 Å². The van der Waals surface area contributed by atoms with Crippen molar-refractivity contribution in [3.63, 3.8) is 0 Å². The van der Waals surface area contributed by atoms with E-state index in [1.54, 1.807) is 24.9 Å². The van der Waals surface area contributed by atoms with Gasteiger partial charge in [0.1, 0.15) is 5.78 Å². The number of nitrogens with zero attached hydrogens (tertiary/aromatic N) is 3. The Morgan fingerprint density at radius 3 is 2.71 bits per heavy atom. The maximum atomic E-state index is 11.1. The standard InChI is InChI=1S/C18H19N3O2S/c1-14(22)7-6-12-24-18-20-19-17(16-10-5-11-23-16)21(18)13-15-8-3-2-4-9-15/h2-5,8-11H,6-7,12-13H2,1H3. The van der Waals surface area contributed by atoms with E-state index in [1.165, 1.54) is 5.56 Å². The van der Waals surface area contributed by atoms with Crippen LogP contribution in [0.4, 0.5) is 0 Å². The van der Waals surface area contributed by atoms with Crippen LogP contribution >= 0.6 is 11.8 Å². The van der Waals surface area contributed by atoms with Crippen molar-refractivity contribution < 1.29 is 9.21 Å². The molecule has 3 rings (SSSR count). The van der Waals surface area contributed by atoms with E-state index in [0.717, 1.165) is 23.2 Å². The molecule has 2 aromatic heterocycles. The molecule has 0 bridgehead atoms. The van der Waals surface area contributed by atoms with Crippen LogP contribution in [-0.2, 0) is 11.3 Å².